The van der Waals surface area contributed by atoms with Gasteiger partial charge in [-0.15, -0.1) is 0 Å². The van der Waals surface area contributed by atoms with E-state index in [2.05, 4.69) is 18.7 Å². The van der Waals surface area contributed by atoms with Gasteiger partial charge in [0, 0.05) is 17.9 Å². The lowest BCUT2D eigenvalue weighted by Gasteiger charge is -2.11. The van der Waals surface area contributed by atoms with Crippen LogP contribution in [0.15, 0.2) is 65.6 Å². The molecule has 0 atom stereocenters. The number of halogens is 1. The Kier molecular flexibility index (Phi) is 8.30. The van der Waals surface area contributed by atoms with Crippen LogP contribution in [-0.4, -0.2) is 20.0 Å². The van der Waals surface area contributed by atoms with Crippen molar-refractivity contribution in [1.82, 2.24) is 0 Å². The van der Waals surface area contributed by atoms with Crippen molar-refractivity contribution in [3.8, 4) is 11.1 Å². The van der Waals surface area contributed by atoms with Gasteiger partial charge in [-0.3, -0.25) is 4.79 Å². The van der Waals surface area contributed by atoms with Crippen LogP contribution in [0.1, 0.15) is 37.5 Å². The second kappa shape index (κ2) is 11.0. The molecule has 0 fully saturated rings. The van der Waals surface area contributed by atoms with E-state index in [-0.39, 0.29) is 29.3 Å². The second-order valence-electron chi connectivity index (χ2n) is 8.81. The minimum atomic E-state index is -3.25. The molecule has 0 amide bonds. The van der Waals surface area contributed by atoms with E-state index in [0.717, 1.165) is 34.2 Å². The summed E-state index contributed by atoms with van der Waals surface area (Å²) in [4.78, 5) is 16.6. The third-order valence-corrected chi connectivity index (χ3v) is 7.71. The number of carbonyl (C=O) groups is 1. The molecule has 0 saturated heterocycles. The summed E-state index contributed by atoms with van der Waals surface area (Å²) in [5, 5.41) is 0.534. The predicted octanol–water partition coefficient (Wildman–Crippen LogP) is 6.90. The molecule has 176 valence electrons. The number of hydrogen-bond acceptors (Lipinski definition) is 3. The van der Waals surface area contributed by atoms with E-state index in [9.17, 15) is 13.2 Å². The zero-order chi connectivity index (χ0) is 24.9. The lowest BCUT2D eigenvalue weighted by atomic mass is 9.96. The molecule has 0 radical (unpaired) electrons. The van der Waals surface area contributed by atoms with E-state index in [1.807, 2.05) is 30.3 Å². The molecule has 6 heteroatoms. The van der Waals surface area contributed by atoms with Gasteiger partial charge in [-0.1, -0.05) is 68.8 Å². The first-order valence-corrected chi connectivity index (χ1v) is 13.3. The maximum atomic E-state index is 12.6. The maximum Gasteiger partial charge on any atom is 0.191 e. The first-order valence-electron chi connectivity index (χ1n) is 11.3. The van der Waals surface area contributed by atoms with E-state index in [1.54, 1.807) is 37.3 Å². The smallest absolute Gasteiger partial charge is 0.191 e. The van der Waals surface area contributed by atoms with E-state index >= 15 is 0 Å². The van der Waals surface area contributed by atoms with Crippen LogP contribution >= 0.6 is 11.6 Å². The normalized spacial score (nSPS) is 11.4. The molecule has 0 spiro atoms. The number of hydrogen-bond donors (Lipinski definition) is 0. The monoisotopic (exact) mass is 493 g/mol. The summed E-state index contributed by atoms with van der Waals surface area (Å²) < 4.78 is 23.9. The van der Waals surface area contributed by atoms with E-state index in [4.69, 9.17) is 18.2 Å². The molecule has 0 saturated carbocycles. The molecule has 0 N–H and O–H groups in total. The molecule has 4 nitrogen and oxygen atoms in total. The van der Waals surface area contributed by atoms with Crippen LogP contribution in [0.3, 0.4) is 0 Å². The van der Waals surface area contributed by atoms with Crippen LogP contribution in [0.5, 0.6) is 0 Å². The second-order valence-corrected chi connectivity index (χ2v) is 11.5. The summed E-state index contributed by atoms with van der Waals surface area (Å²) >= 11 is 6.56. The highest BCUT2D eigenvalue weighted by molar-refractivity contribution is 7.91. The number of ketones is 1. The van der Waals surface area contributed by atoms with Crippen LogP contribution in [0.4, 0.5) is 5.69 Å². The molecule has 0 aliphatic rings. The highest BCUT2D eigenvalue weighted by Crippen LogP contribution is 2.34. The predicted molar refractivity (Wildman–Crippen MR) is 138 cm³/mol. The van der Waals surface area contributed by atoms with Crippen molar-refractivity contribution >= 4 is 32.9 Å². The number of rotatable bonds is 9. The maximum absolute atomic E-state index is 12.6. The molecule has 0 unspecified atom stereocenters. The number of sulfone groups is 1. The standard InChI is InChI=1S/C28H28ClNO3S/c1-5-34(32,33)25-11-6-20(7-12-25)15-24(31)16-21-8-13-26(27(29)17-21)22-9-10-23(14-19(2)3)28(18-22)30-4/h6-13,17-19H,5,14-16H2,1-3H3. The zero-order valence-corrected chi connectivity index (χ0v) is 21.2. The summed E-state index contributed by atoms with van der Waals surface area (Å²) in [7, 11) is -3.25. The fourth-order valence-electron chi connectivity index (χ4n) is 3.85. The summed E-state index contributed by atoms with van der Waals surface area (Å²) in [6.45, 7) is 13.4. The van der Waals surface area contributed by atoms with Crippen LogP contribution in [0.25, 0.3) is 16.0 Å². The summed E-state index contributed by atoms with van der Waals surface area (Å²) in [6.07, 6.45) is 1.30. The van der Waals surface area contributed by atoms with Gasteiger partial charge in [-0.05, 0) is 64.4 Å². The van der Waals surface area contributed by atoms with Crippen LogP contribution in [-0.2, 0) is 33.9 Å². The zero-order valence-electron chi connectivity index (χ0n) is 19.6. The van der Waals surface area contributed by atoms with Gasteiger partial charge in [0.05, 0.1) is 17.2 Å². The van der Waals surface area contributed by atoms with Gasteiger partial charge in [0.25, 0.3) is 0 Å². The third-order valence-electron chi connectivity index (χ3n) is 5.64. The van der Waals surface area contributed by atoms with Gasteiger partial charge in [-0.25, -0.2) is 13.3 Å². The van der Waals surface area contributed by atoms with Crippen molar-refractivity contribution in [1.29, 1.82) is 0 Å². The molecule has 3 aromatic carbocycles. The molecule has 0 bridgehead atoms. The number of carbonyl (C=O) groups excluding carboxylic acids is 1. The first-order chi connectivity index (χ1) is 16.1. The molecule has 0 aliphatic heterocycles. The molecule has 0 heterocycles. The highest BCUT2D eigenvalue weighted by Gasteiger charge is 2.14. The van der Waals surface area contributed by atoms with Gasteiger partial charge in [-0.2, -0.15) is 0 Å². The van der Waals surface area contributed by atoms with Crippen LogP contribution < -0.4 is 0 Å². The number of benzene rings is 3. The Morgan fingerprint density at radius 3 is 2.21 bits per heavy atom. The number of Topliss-reactive ketones (excluding diaryl/α,β-unsaturated/α-hetero) is 1. The Bertz CT molecular complexity index is 1340. The lowest BCUT2D eigenvalue weighted by molar-refractivity contribution is -0.117. The van der Waals surface area contributed by atoms with Crippen molar-refractivity contribution < 1.29 is 13.2 Å². The van der Waals surface area contributed by atoms with E-state index in [0.29, 0.717) is 16.6 Å². The van der Waals surface area contributed by atoms with Gasteiger partial charge in [0.2, 0.25) is 0 Å². The third kappa shape index (κ3) is 6.34. The van der Waals surface area contributed by atoms with Gasteiger partial charge in [0.15, 0.2) is 15.5 Å². The van der Waals surface area contributed by atoms with Gasteiger partial charge in [0.1, 0.15) is 5.78 Å². The molecule has 34 heavy (non-hydrogen) atoms. The Hall–Kier alpha value is -2.94. The van der Waals surface area contributed by atoms with Gasteiger partial charge < -0.3 is 0 Å². The average Bonchev–Trinajstić information content (AvgIpc) is 2.79. The largest absolute Gasteiger partial charge is 0.299 e. The average molecular weight is 494 g/mol. The minimum absolute atomic E-state index is 0.0169. The molecule has 0 aliphatic carbocycles. The molecule has 3 rings (SSSR count). The first kappa shape index (κ1) is 25.7. The quantitative estimate of drug-likeness (QED) is 0.304. The van der Waals surface area contributed by atoms with E-state index < -0.39 is 9.84 Å². The van der Waals surface area contributed by atoms with Gasteiger partial charge >= 0.3 is 0 Å². The fourth-order valence-corrected chi connectivity index (χ4v) is 5.05. The van der Waals surface area contributed by atoms with Crippen molar-refractivity contribution in [2.75, 3.05) is 5.75 Å². The fraction of sp³-hybridized carbons (Fsp3) is 0.286. The summed E-state index contributed by atoms with van der Waals surface area (Å²) in [5.74, 6) is 0.529. The Labute approximate surface area is 207 Å². The summed E-state index contributed by atoms with van der Waals surface area (Å²) in [5.41, 5.74) is 4.96. The van der Waals surface area contributed by atoms with Crippen molar-refractivity contribution in [2.45, 2.75) is 44.9 Å². The highest BCUT2D eigenvalue weighted by atomic mass is 35.5. The van der Waals surface area contributed by atoms with Crippen LogP contribution in [0.2, 0.25) is 5.02 Å². The lowest BCUT2D eigenvalue weighted by Crippen LogP contribution is -2.08. The Balaban J connectivity index is 1.72. The Morgan fingerprint density at radius 1 is 0.971 bits per heavy atom. The van der Waals surface area contributed by atoms with Crippen LogP contribution in [0, 0.1) is 12.5 Å². The molecular weight excluding hydrogens is 466 g/mol. The van der Waals surface area contributed by atoms with Crippen molar-refractivity contribution in [3.05, 3.63) is 93.8 Å². The number of nitrogens with zero attached hydrogens (tertiary/aromatic N) is 1. The summed E-state index contributed by atoms with van der Waals surface area (Å²) in [6, 6.07) is 17.9. The van der Waals surface area contributed by atoms with Crippen molar-refractivity contribution in [2.24, 2.45) is 5.92 Å². The SMILES string of the molecule is [C-]#[N+]c1cc(-c2ccc(CC(=O)Cc3ccc(S(=O)(=O)CC)cc3)cc2Cl)ccc1CC(C)C. The molecule has 0 aromatic heterocycles. The topological polar surface area (TPSA) is 55.6 Å². The molecular formula is C28H28ClNO3S. The Morgan fingerprint density at radius 2 is 1.62 bits per heavy atom. The van der Waals surface area contributed by atoms with E-state index in [1.165, 1.54) is 0 Å². The molecule has 3 aromatic rings. The van der Waals surface area contributed by atoms with Crippen molar-refractivity contribution in [3.63, 3.8) is 0 Å². The minimum Gasteiger partial charge on any atom is -0.299 e.